The maximum Gasteiger partial charge on any atom is 0.318 e. The number of H-pyrrole nitrogens is 1. The largest absolute Gasteiger partial charge is 0.449 e. The number of nitro benzene ring substituents is 2. The Labute approximate surface area is 190 Å². The number of ether oxygens (including phenoxy) is 1. The fraction of sp³-hybridized carbons (Fsp3) is 0. The SMILES string of the molecule is N#C/C(=C\c1ccc(Oc2ccc([N+](=O)[O-])cc2[N+](=O)[O-])c(Cl)c1)c1nc2ccccc2[nH]1. The summed E-state index contributed by atoms with van der Waals surface area (Å²) in [5, 5.41) is 31.9. The maximum atomic E-state index is 11.3. The number of aromatic nitrogens is 2. The molecule has 10 nitrogen and oxygen atoms in total. The summed E-state index contributed by atoms with van der Waals surface area (Å²) in [4.78, 5) is 28.2. The van der Waals surface area contributed by atoms with Gasteiger partial charge in [0.15, 0.2) is 0 Å². The van der Waals surface area contributed by atoms with Crippen molar-refractivity contribution >= 4 is 45.7 Å². The lowest BCUT2D eigenvalue weighted by atomic mass is 10.1. The number of allylic oxidation sites excluding steroid dienone is 1. The molecule has 0 aliphatic carbocycles. The first-order valence-electron chi connectivity index (χ1n) is 9.33. The van der Waals surface area contributed by atoms with Gasteiger partial charge in [-0.1, -0.05) is 29.8 Å². The third-order valence-corrected chi connectivity index (χ3v) is 4.90. The number of nitro groups is 2. The first kappa shape index (κ1) is 21.5. The number of nitrogens with one attached hydrogen (secondary N) is 1. The highest BCUT2D eigenvalue weighted by Gasteiger charge is 2.22. The van der Waals surface area contributed by atoms with Crippen molar-refractivity contribution in [3.8, 4) is 17.6 Å². The van der Waals surface area contributed by atoms with Gasteiger partial charge in [-0.2, -0.15) is 5.26 Å². The number of non-ortho nitro benzene ring substituents is 1. The molecule has 0 aliphatic heterocycles. The van der Waals surface area contributed by atoms with Crippen LogP contribution in [-0.2, 0) is 0 Å². The number of nitrogens with zero attached hydrogens (tertiary/aromatic N) is 4. The summed E-state index contributed by atoms with van der Waals surface area (Å²) in [7, 11) is 0. The lowest BCUT2D eigenvalue weighted by molar-refractivity contribution is -0.394. The topological polar surface area (TPSA) is 148 Å². The van der Waals surface area contributed by atoms with E-state index in [1.54, 1.807) is 12.1 Å². The van der Waals surface area contributed by atoms with E-state index in [0.29, 0.717) is 11.4 Å². The zero-order valence-electron chi connectivity index (χ0n) is 16.6. The number of benzene rings is 3. The van der Waals surface area contributed by atoms with Crippen molar-refractivity contribution in [3.05, 3.63) is 97.3 Å². The summed E-state index contributed by atoms with van der Waals surface area (Å²) >= 11 is 6.29. The summed E-state index contributed by atoms with van der Waals surface area (Å²) in [6, 6.07) is 17.1. The van der Waals surface area contributed by atoms with Gasteiger partial charge in [0, 0.05) is 6.07 Å². The van der Waals surface area contributed by atoms with Crippen molar-refractivity contribution in [2.45, 2.75) is 0 Å². The number of imidazole rings is 1. The van der Waals surface area contributed by atoms with Crippen LogP contribution in [0.4, 0.5) is 11.4 Å². The number of nitriles is 1. The Hall–Kier alpha value is -4.75. The summed E-state index contributed by atoms with van der Waals surface area (Å²) in [5.74, 6) is 0.306. The number of hydrogen-bond acceptors (Lipinski definition) is 7. The van der Waals surface area contributed by atoms with Crippen LogP contribution in [0.1, 0.15) is 11.4 Å². The molecule has 0 saturated carbocycles. The zero-order valence-corrected chi connectivity index (χ0v) is 17.3. The first-order valence-corrected chi connectivity index (χ1v) is 9.70. The Balaban J connectivity index is 1.64. The molecule has 0 radical (unpaired) electrons. The van der Waals surface area contributed by atoms with Gasteiger partial charge in [0.25, 0.3) is 5.69 Å². The zero-order chi connectivity index (χ0) is 23.5. The summed E-state index contributed by atoms with van der Waals surface area (Å²) < 4.78 is 5.55. The van der Waals surface area contributed by atoms with Gasteiger partial charge >= 0.3 is 5.69 Å². The Bertz CT molecular complexity index is 1460. The van der Waals surface area contributed by atoms with Crippen LogP contribution in [-0.4, -0.2) is 19.8 Å². The van der Waals surface area contributed by atoms with Gasteiger partial charge in [0.1, 0.15) is 17.6 Å². The van der Waals surface area contributed by atoms with Crippen LogP contribution < -0.4 is 4.74 Å². The molecule has 1 aromatic heterocycles. The van der Waals surface area contributed by atoms with E-state index in [0.717, 1.165) is 29.2 Å². The summed E-state index contributed by atoms with van der Waals surface area (Å²) in [6.45, 7) is 0. The minimum atomic E-state index is -0.778. The number of aromatic amines is 1. The van der Waals surface area contributed by atoms with Gasteiger partial charge in [-0.25, -0.2) is 4.98 Å². The number of hydrogen-bond donors (Lipinski definition) is 1. The Kier molecular flexibility index (Phi) is 5.71. The van der Waals surface area contributed by atoms with Gasteiger partial charge in [-0.05, 0) is 42.0 Å². The number of fused-ring (bicyclic) bond motifs is 1. The summed E-state index contributed by atoms with van der Waals surface area (Å²) in [6.07, 6.45) is 1.59. The average molecular weight is 462 g/mol. The van der Waals surface area contributed by atoms with E-state index in [9.17, 15) is 25.5 Å². The van der Waals surface area contributed by atoms with Crippen molar-refractivity contribution in [1.29, 1.82) is 5.26 Å². The van der Waals surface area contributed by atoms with Gasteiger partial charge in [0.05, 0.1) is 37.5 Å². The highest BCUT2D eigenvalue weighted by Crippen LogP contribution is 2.37. The number of para-hydroxylation sites is 2. The van der Waals surface area contributed by atoms with Gasteiger partial charge in [-0.3, -0.25) is 20.2 Å². The van der Waals surface area contributed by atoms with Crippen molar-refractivity contribution in [2.24, 2.45) is 0 Å². The lowest BCUT2D eigenvalue weighted by Crippen LogP contribution is -1.96. The molecule has 1 N–H and O–H groups in total. The molecule has 0 bridgehead atoms. The molecule has 162 valence electrons. The van der Waals surface area contributed by atoms with Crippen LogP contribution in [0.25, 0.3) is 22.7 Å². The molecule has 33 heavy (non-hydrogen) atoms. The summed E-state index contributed by atoms with van der Waals surface area (Å²) in [5.41, 5.74) is 1.36. The molecule has 0 aliphatic rings. The predicted octanol–water partition coefficient (Wildman–Crippen LogP) is 5.89. The molecular weight excluding hydrogens is 450 g/mol. The fourth-order valence-electron chi connectivity index (χ4n) is 3.06. The Morgan fingerprint density at radius 2 is 1.82 bits per heavy atom. The standard InChI is InChI=1S/C22H12ClN5O5/c23-16-10-13(9-14(12-24)22-25-17-3-1-2-4-18(17)26-22)5-7-20(16)33-21-8-6-15(27(29)30)11-19(21)28(31)32/h1-11H,(H,25,26)/b14-9+. The minimum absolute atomic E-state index is 0.105. The van der Waals surface area contributed by atoms with Crippen LogP contribution in [0.5, 0.6) is 11.5 Å². The molecule has 1 heterocycles. The Morgan fingerprint density at radius 1 is 1.06 bits per heavy atom. The number of rotatable bonds is 6. The molecule has 0 unspecified atom stereocenters. The molecule has 0 amide bonds. The van der Waals surface area contributed by atoms with E-state index in [1.165, 1.54) is 12.1 Å². The maximum absolute atomic E-state index is 11.3. The Morgan fingerprint density at radius 3 is 2.48 bits per heavy atom. The van der Waals surface area contributed by atoms with Crippen molar-refractivity contribution < 1.29 is 14.6 Å². The predicted molar refractivity (Wildman–Crippen MR) is 121 cm³/mol. The third-order valence-electron chi connectivity index (χ3n) is 4.60. The van der Waals surface area contributed by atoms with E-state index < -0.39 is 21.2 Å². The van der Waals surface area contributed by atoms with E-state index in [4.69, 9.17) is 16.3 Å². The van der Waals surface area contributed by atoms with E-state index in [-0.39, 0.29) is 22.1 Å². The molecule has 4 aromatic rings. The van der Waals surface area contributed by atoms with E-state index >= 15 is 0 Å². The quantitative estimate of drug-likeness (QED) is 0.214. The van der Waals surface area contributed by atoms with E-state index in [2.05, 4.69) is 16.0 Å². The van der Waals surface area contributed by atoms with E-state index in [1.807, 2.05) is 24.3 Å². The molecule has 0 fully saturated rings. The lowest BCUT2D eigenvalue weighted by Gasteiger charge is -2.09. The smallest absolute Gasteiger partial charge is 0.318 e. The average Bonchev–Trinajstić information content (AvgIpc) is 3.23. The highest BCUT2D eigenvalue weighted by atomic mass is 35.5. The third kappa shape index (κ3) is 4.48. The molecule has 11 heteroatoms. The molecule has 3 aromatic carbocycles. The van der Waals surface area contributed by atoms with Crippen molar-refractivity contribution in [2.75, 3.05) is 0 Å². The van der Waals surface area contributed by atoms with Crippen LogP contribution in [0.2, 0.25) is 5.02 Å². The monoisotopic (exact) mass is 461 g/mol. The van der Waals surface area contributed by atoms with Crippen LogP contribution >= 0.6 is 11.6 Å². The van der Waals surface area contributed by atoms with Crippen LogP contribution in [0.3, 0.4) is 0 Å². The van der Waals surface area contributed by atoms with Gasteiger partial charge in [0.2, 0.25) is 5.75 Å². The second-order valence-electron chi connectivity index (χ2n) is 6.73. The van der Waals surface area contributed by atoms with Gasteiger partial charge < -0.3 is 9.72 Å². The second kappa shape index (κ2) is 8.78. The molecule has 4 rings (SSSR count). The first-order chi connectivity index (χ1) is 15.9. The molecule has 0 atom stereocenters. The molecular formula is C22H12ClN5O5. The van der Waals surface area contributed by atoms with Crippen molar-refractivity contribution in [1.82, 2.24) is 9.97 Å². The van der Waals surface area contributed by atoms with Crippen LogP contribution in [0.15, 0.2) is 60.7 Å². The second-order valence-corrected chi connectivity index (χ2v) is 7.14. The van der Waals surface area contributed by atoms with Gasteiger partial charge in [-0.15, -0.1) is 0 Å². The number of halogens is 1. The highest BCUT2D eigenvalue weighted by molar-refractivity contribution is 6.32. The van der Waals surface area contributed by atoms with Crippen LogP contribution in [0, 0.1) is 31.6 Å². The molecule has 0 saturated heterocycles. The van der Waals surface area contributed by atoms with Crippen molar-refractivity contribution in [3.63, 3.8) is 0 Å². The fourth-order valence-corrected chi connectivity index (χ4v) is 3.28. The normalized spacial score (nSPS) is 11.2. The minimum Gasteiger partial charge on any atom is -0.449 e. The molecule has 0 spiro atoms.